The van der Waals surface area contributed by atoms with Crippen molar-refractivity contribution in [2.45, 2.75) is 26.7 Å². The summed E-state index contributed by atoms with van der Waals surface area (Å²) >= 11 is 0. The van der Waals surface area contributed by atoms with Gasteiger partial charge in [0.15, 0.2) is 0 Å². The molecule has 14 heavy (non-hydrogen) atoms. The molecular formula is C10H22N2O2. The molecule has 0 aliphatic heterocycles. The van der Waals surface area contributed by atoms with Gasteiger partial charge in [-0.1, -0.05) is 6.92 Å². The van der Waals surface area contributed by atoms with E-state index in [0.717, 1.165) is 19.5 Å². The molecule has 4 nitrogen and oxygen atoms in total. The number of carbonyl (C=O) groups excluding carboxylic acids is 1. The van der Waals surface area contributed by atoms with Gasteiger partial charge in [-0.05, 0) is 19.9 Å². The Morgan fingerprint density at radius 1 is 1.21 bits per heavy atom. The quantitative estimate of drug-likeness (QED) is 0.536. The van der Waals surface area contributed by atoms with Gasteiger partial charge in [0.2, 0.25) is 5.91 Å². The maximum Gasteiger partial charge on any atom is 0.222 e. The number of ether oxygens (including phenoxy) is 1. The first kappa shape index (κ1) is 13.4. The van der Waals surface area contributed by atoms with Gasteiger partial charge in [0.05, 0.1) is 6.61 Å². The molecule has 0 aromatic heterocycles. The third-order valence-electron chi connectivity index (χ3n) is 1.73. The molecule has 0 saturated carbocycles. The molecule has 2 N–H and O–H groups in total. The fourth-order valence-electron chi connectivity index (χ4n) is 0.990. The molecule has 0 fully saturated rings. The predicted molar refractivity (Wildman–Crippen MR) is 57.3 cm³/mol. The van der Waals surface area contributed by atoms with E-state index in [4.69, 9.17) is 4.74 Å². The van der Waals surface area contributed by atoms with Crippen LogP contribution in [-0.4, -0.2) is 38.8 Å². The minimum absolute atomic E-state index is 0.0664. The molecule has 0 bridgehead atoms. The van der Waals surface area contributed by atoms with Crippen LogP contribution in [0.5, 0.6) is 0 Å². The number of hydrogen-bond donors (Lipinski definition) is 2. The Kier molecular flexibility index (Phi) is 10.0. The third-order valence-corrected chi connectivity index (χ3v) is 1.73. The summed E-state index contributed by atoms with van der Waals surface area (Å²) < 4.78 is 5.07. The van der Waals surface area contributed by atoms with Gasteiger partial charge in [0.1, 0.15) is 0 Å². The standard InChI is InChI=1S/C10H22N2O2/c1-3-6-11-7-8-12-10(13)5-9-14-4-2/h11H,3-9H2,1-2H3,(H,12,13). The minimum atomic E-state index is 0.0664. The Morgan fingerprint density at radius 3 is 2.64 bits per heavy atom. The molecule has 0 aromatic rings. The van der Waals surface area contributed by atoms with Gasteiger partial charge in [-0.15, -0.1) is 0 Å². The van der Waals surface area contributed by atoms with Crippen LogP contribution in [-0.2, 0) is 9.53 Å². The third kappa shape index (κ3) is 9.48. The summed E-state index contributed by atoms with van der Waals surface area (Å²) in [7, 11) is 0. The van der Waals surface area contributed by atoms with Crippen molar-refractivity contribution in [1.29, 1.82) is 0 Å². The molecule has 0 aromatic carbocycles. The van der Waals surface area contributed by atoms with Gasteiger partial charge in [-0.3, -0.25) is 4.79 Å². The second kappa shape index (κ2) is 10.5. The SMILES string of the molecule is CCCNCCNC(=O)CCOCC. The number of rotatable bonds is 9. The Balaban J connectivity index is 3.10. The van der Waals surface area contributed by atoms with Crippen LogP contribution in [0.25, 0.3) is 0 Å². The molecular weight excluding hydrogens is 180 g/mol. The first-order valence-corrected chi connectivity index (χ1v) is 5.36. The Labute approximate surface area is 86.4 Å². The zero-order chi connectivity index (χ0) is 10.6. The van der Waals surface area contributed by atoms with E-state index in [2.05, 4.69) is 17.6 Å². The van der Waals surface area contributed by atoms with E-state index in [1.807, 2.05) is 6.92 Å². The van der Waals surface area contributed by atoms with Crippen molar-refractivity contribution in [3.8, 4) is 0 Å². The first-order chi connectivity index (χ1) is 6.81. The molecule has 84 valence electrons. The summed E-state index contributed by atoms with van der Waals surface area (Å²) in [5.41, 5.74) is 0. The van der Waals surface area contributed by atoms with E-state index < -0.39 is 0 Å². The molecule has 0 spiro atoms. The normalized spacial score (nSPS) is 10.1. The van der Waals surface area contributed by atoms with Gasteiger partial charge in [-0.25, -0.2) is 0 Å². The molecule has 0 heterocycles. The van der Waals surface area contributed by atoms with Crippen molar-refractivity contribution in [2.75, 3.05) is 32.8 Å². The van der Waals surface area contributed by atoms with E-state index in [0.29, 0.717) is 26.2 Å². The van der Waals surface area contributed by atoms with Crippen molar-refractivity contribution >= 4 is 5.91 Å². The molecule has 0 aliphatic carbocycles. The predicted octanol–water partition coefficient (Wildman–Crippen LogP) is 0.529. The van der Waals surface area contributed by atoms with E-state index >= 15 is 0 Å². The Bertz CT molecular complexity index is 140. The Hall–Kier alpha value is -0.610. The van der Waals surface area contributed by atoms with Gasteiger partial charge >= 0.3 is 0 Å². The molecule has 0 atom stereocenters. The lowest BCUT2D eigenvalue weighted by Gasteiger charge is -2.05. The van der Waals surface area contributed by atoms with Crippen LogP contribution in [0, 0.1) is 0 Å². The van der Waals surface area contributed by atoms with E-state index in [-0.39, 0.29) is 5.91 Å². The second-order valence-corrected chi connectivity index (χ2v) is 3.05. The van der Waals surface area contributed by atoms with Gasteiger partial charge in [0.25, 0.3) is 0 Å². The van der Waals surface area contributed by atoms with Crippen LogP contribution < -0.4 is 10.6 Å². The molecule has 1 amide bonds. The van der Waals surface area contributed by atoms with Gasteiger partial charge in [-0.2, -0.15) is 0 Å². The molecule has 0 radical (unpaired) electrons. The largest absolute Gasteiger partial charge is 0.381 e. The lowest BCUT2D eigenvalue weighted by molar-refractivity contribution is -0.122. The van der Waals surface area contributed by atoms with E-state index in [1.165, 1.54) is 0 Å². The molecule has 0 rings (SSSR count). The maximum absolute atomic E-state index is 11.1. The molecule has 0 saturated heterocycles. The van der Waals surface area contributed by atoms with Crippen LogP contribution in [0.4, 0.5) is 0 Å². The van der Waals surface area contributed by atoms with Crippen LogP contribution >= 0.6 is 0 Å². The maximum atomic E-state index is 11.1. The summed E-state index contributed by atoms with van der Waals surface area (Å²) in [5, 5.41) is 6.03. The smallest absolute Gasteiger partial charge is 0.222 e. The lowest BCUT2D eigenvalue weighted by Crippen LogP contribution is -2.32. The average molecular weight is 202 g/mol. The number of nitrogens with one attached hydrogen (secondary N) is 2. The second-order valence-electron chi connectivity index (χ2n) is 3.05. The number of carbonyl (C=O) groups is 1. The van der Waals surface area contributed by atoms with Crippen molar-refractivity contribution in [3.63, 3.8) is 0 Å². The van der Waals surface area contributed by atoms with Crippen LogP contribution in [0.3, 0.4) is 0 Å². The zero-order valence-electron chi connectivity index (χ0n) is 9.27. The number of amides is 1. The molecule has 0 unspecified atom stereocenters. The summed E-state index contributed by atoms with van der Waals surface area (Å²) in [4.78, 5) is 11.1. The monoisotopic (exact) mass is 202 g/mol. The summed E-state index contributed by atoms with van der Waals surface area (Å²) in [6.07, 6.45) is 1.58. The highest BCUT2D eigenvalue weighted by Crippen LogP contribution is 1.81. The van der Waals surface area contributed by atoms with Crippen molar-refractivity contribution in [1.82, 2.24) is 10.6 Å². The Morgan fingerprint density at radius 2 is 2.00 bits per heavy atom. The first-order valence-electron chi connectivity index (χ1n) is 5.36. The summed E-state index contributed by atoms with van der Waals surface area (Å²) in [5.74, 6) is 0.0664. The highest BCUT2D eigenvalue weighted by Gasteiger charge is 1.98. The average Bonchev–Trinajstić information content (AvgIpc) is 2.18. The van der Waals surface area contributed by atoms with Gasteiger partial charge < -0.3 is 15.4 Å². The minimum Gasteiger partial charge on any atom is -0.381 e. The van der Waals surface area contributed by atoms with Crippen LogP contribution in [0.15, 0.2) is 0 Å². The number of hydrogen-bond acceptors (Lipinski definition) is 3. The molecule has 0 aliphatic rings. The molecule has 4 heteroatoms. The zero-order valence-corrected chi connectivity index (χ0v) is 9.27. The van der Waals surface area contributed by atoms with Crippen molar-refractivity contribution in [3.05, 3.63) is 0 Å². The van der Waals surface area contributed by atoms with Crippen LogP contribution in [0.2, 0.25) is 0 Å². The van der Waals surface area contributed by atoms with E-state index in [1.54, 1.807) is 0 Å². The van der Waals surface area contributed by atoms with Crippen molar-refractivity contribution < 1.29 is 9.53 Å². The fourth-order valence-corrected chi connectivity index (χ4v) is 0.990. The van der Waals surface area contributed by atoms with Crippen LogP contribution in [0.1, 0.15) is 26.7 Å². The highest BCUT2D eigenvalue weighted by molar-refractivity contribution is 5.75. The highest BCUT2D eigenvalue weighted by atomic mass is 16.5. The topological polar surface area (TPSA) is 50.4 Å². The lowest BCUT2D eigenvalue weighted by atomic mass is 10.4. The summed E-state index contributed by atoms with van der Waals surface area (Å²) in [6, 6.07) is 0. The van der Waals surface area contributed by atoms with E-state index in [9.17, 15) is 4.79 Å². The van der Waals surface area contributed by atoms with Crippen molar-refractivity contribution in [2.24, 2.45) is 0 Å². The summed E-state index contributed by atoms with van der Waals surface area (Å²) in [6.45, 7) is 7.78. The fraction of sp³-hybridized carbons (Fsp3) is 0.900. The van der Waals surface area contributed by atoms with Gasteiger partial charge in [0, 0.05) is 26.1 Å².